The molecule has 2 aromatic carbocycles. The van der Waals surface area contributed by atoms with Crippen LogP contribution in [0.15, 0.2) is 54.1 Å². The van der Waals surface area contributed by atoms with Gasteiger partial charge in [0.15, 0.2) is 0 Å². The molecule has 0 atom stereocenters. The average Bonchev–Trinajstić information content (AvgIpc) is 2.73. The Kier molecular flexibility index (Phi) is 5.99. The van der Waals surface area contributed by atoms with Gasteiger partial charge in [0.2, 0.25) is 0 Å². The van der Waals surface area contributed by atoms with Crippen molar-refractivity contribution in [2.75, 3.05) is 36.5 Å². The summed E-state index contributed by atoms with van der Waals surface area (Å²) in [7, 11) is 0. The zero-order valence-corrected chi connectivity index (χ0v) is 15.0. The van der Waals surface area contributed by atoms with Crippen molar-refractivity contribution in [2.45, 2.75) is 0 Å². The van der Waals surface area contributed by atoms with E-state index >= 15 is 0 Å². The van der Waals surface area contributed by atoms with Crippen molar-refractivity contribution < 1.29 is 14.5 Å². The normalized spacial score (nSPS) is 14.2. The summed E-state index contributed by atoms with van der Waals surface area (Å²) in [6, 6.07) is 15.1. The SMILES string of the molecule is N#C/C(=C/c1cc([N+](=O)[O-])ccc1N1CCOCC1)C(=O)Nc1ccccc1. The monoisotopic (exact) mass is 378 g/mol. The van der Waals surface area contributed by atoms with Crippen LogP contribution in [-0.2, 0) is 9.53 Å². The minimum Gasteiger partial charge on any atom is -0.378 e. The van der Waals surface area contributed by atoms with Gasteiger partial charge in [-0.05, 0) is 24.3 Å². The van der Waals surface area contributed by atoms with Gasteiger partial charge in [-0.1, -0.05) is 18.2 Å². The highest BCUT2D eigenvalue weighted by molar-refractivity contribution is 6.10. The van der Waals surface area contributed by atoms with E-state index in [4.69, 9.17) is 4.74 Å². The number of nitrogens with zero attached hydrogens (tertiary/aromatic N) is 3. The van der Waals surface area contributed by atoms with Crippen LogP contribution < -0.4 is 10.2 Å². The molecule has 1 amide bonds. The Bertz CT molecular complexity index is 944. The van der Waals surface area contributed by atoms with Gasteiger partial charge < -0.3 is 15.0 Å². The summed E-state index contributed by atoms with van der Waals surface area (Å²) in [5.74, 6) is -0.576. The lowest BCUT2D eigenvalue weighted by atomic mass is 10.1. The van der Waals surface area contributed by atoms with E-state index in [2.05, 4.69) is 5.32 Å². The second kappa shape index (κ2) is 8.79. The molecule has 1 fully saturated rings. The summed E-state index contributed by atoms with van der Waals surface area (Å²) in [6.07, 6.45) is 1.38. The molecule has 0 aromatic heterocycles. The quantitative estimate of drug-likeness (QED) is 0.371. The number of amides is 1. The summed E-state index contributed by atoms with van der Waals surface area (Å²) in [5, 5.41) is 23.3. The van der Waals surface area contributed by atoms with E-state index in [9.17, 15) is 20.2 Å². The molecule has 0 saturated carbocycles. The number of nitriles is 1. The van der Waals surface area contributed by atoms with Crippen molar-refractivity contribution in [3.05, 3.63) is 69.8 Å². The summed E-state index contributed by atoms with van der Waals surface area (Å²) in [4.78, 5) is 25.2. The Hall–Kier alpha value is -3.70. The number of rotatable bonds is 5. The lowest BCUT2D eigenvalue weighted by molar-refractivity contribution is -0.384. The molecule has 3 rings (SSSR count). The number of hydrogen-bond acceptors (Lipinski definition) is 6. The molecular formula is C20H18N4O4. The van der Waals surface area contributed by atoms with Crippen LogP contribution in [0.4, 0.5) is 17.1 Å². The zero-order chi connectivity index (χ0) is 19.9. The van der Waals surface area contributed by atoms with E-state index < -0.39 is 10.8 Å². The number of hydrogen-bond donors (Lipinski definition) is 1. The van der Waals surface area contributed by atoms with Gasteiger partial charge in [0.25, 0.3) is 11.6 Å². The number of morpholine rings is 1. The number of non-ortho nitro benzene ring substituents is 1. The lowest BCUT2D eigenvalue weighted by Gasteiger charge is -2.30. The third-order valence-corrected chi connectivity index (χ3v) is 4.27. The first-order valence-electron chi connectivity index (χ1n) is 8.68. The summed E-state index contributed by atoms with van der Waals surface area (Å²) < 4.78 is 5.35. The molecule has 8 heteroatoms. The maximum absolute atomic E-state index is 12.5. The van der Waals surface area contributed by atoms with Crippen LogP contribution in [0.25, 0.3) is 6.08 Å². The molecule has 0 bridgehead atoms. The highest BCUT2D eigenvalue weighted by atomic mass is 16.6. The van der Waals surface area contributed by atoms with Gasteiger partial charge in [0, 0.05) is 42.2 Å². The largest absolute Gasteiger partial charge is 0.378 e. The lowest BCUT2D eigenvalue weighted by Crippen LogP contribution is -2.36. The van der Waals surface area contributed by atoms with Gasteiger partial charge in [-0.2, -0.15) is 5.26 Å². The van der Waals surface area contributed by atoms with E-state index in [-0.39, 0.29) is 11.3 Å². The van der Waals surface area contributed by atoms with E-state index in [1.54, 1.807) is 30.3 Å². The Morgan fingerprint density at radius 2 is 1.93 bits per heavy atom. The van der Waals surface area contributed by atoms with Gasteiger partial charge in [0.1, 0.15) is 11.6 Å². The fourth-order valence-corrected chi connectivity index (χ4v) is 2.89. The van der Waals surface area contributed by atoms with Crippen LogP contribution in [0.3, 0.4) is 0 Å². The van der Waals surface area contributed by atoms with Crippen LogP contribution in [0, 0.1) is 21.4 Å². The van der Waals surface area contributed by atoms with Crippen LogP contribution in [-0.4, -0.2) is 37.1 Å². The van der Waals surface area contributed by atoms with E-state index in [0.29, 0.717) is 43.2 Å². The standard InChI is InChI=1S/C20H18N4O4/c21-14-16(20(25)22-17-4-2-1-3-5-17)12-15-13-18(24(26)27)6-7-19(15)23-8-10-28-11-9-23/h1-7,12-13H,8-11H2,(H,22,25)/b16-12-. The van der Waals surface area contributed by atoms with Crippen molar-refractivity contribution in [1.29, 1.82) is 5.26 Å². The Balaban J connectivity index is 1.96. The Labute approximate surface area is 161 Å². The summed E-state index contributed by atoms with van der Waals surface area (Å²) >= 11 is 0. The zero-order valence-electron chi connectivity index (χ0n) is 15.0. The molecule has 1 aliphatic rings. The molecule has 1 N–H and O–H groups in total. The van der Waals surface area contributed by atoms with Crippen molar-refractivity contribution in [2.24, 2.45) is 0 Å². The molecule has 0 unspecified atom stereocenters. The highest BCUT2D eigenvalue weighted by Crippen LogP contribution is 2.28. The van der Waals surface area contributed by atoms with Gasteiger partial charge in [-0.25, -0.2) is 0 Å². The Morgan fingerprint density at radius 1 is 1.21 bits per heavy atom. The minimum atomic E-state index is -0.576. The first kappa shape index (κ1) is 19.1. The molecule has 1 saturated heterocycles. The van der Waals surface area contributed by atoms with Crippen molar-refractivity contribution in [3.63, 3.8) is 0 Å². The topological polar surface area (TPSA) is 108 Å². The minimum absolute atomic E-state index is 0.107. The highest BCUT2D eigenvalue weighted by Gasteiger charge is 2.19. The maximum Gasteiger partial charge on any atom is 0.270 e. The van der Waals surface area contributed by atoms with Crippen LogP contribution in [0.2, 0.25) is 0 Å². The fraction of sp³-hybridized carbons (Fsp3) is 0.200. The first-order chi connectivity index (χ1) is 13.6. The number of benzene rings is 2. The second-order valence-electron chi connectivity index (χ2n) is 6.09. The third kappa shape index (κ3) is 4.52. The second-order valence-corrected chi connectivity index (χ2v) is 6.09. The van der Waals surface area contributed by atoms with Crippen molar-refractivity contribution in [1.82, 2.24) is 0 Å². The molecule has 0 spiro atoms. The summed E-state index contributed by atoms with van der Waals surface area (Å²) in [6.45, 7) is 2.33. The molecule has 142 valence electrons. The molecule has 28 heavy (non-hydrogen) atoms. The number of anilines is 2. The molecule has 1 aliphatic heterocycles. The number of nitro groups is 1. The van der Waals surface area contributed by atoms with E-state index in [1.165, 1.54) is 18.2 Å². The van der Waals surface area contributed by atoms with Crippen molar-refractivity contribution >= 4 is 29.0 Å². The fourth-order valence-electron chi connectivity index (χ4n) is 2.89. The average molecular weight is 378 g/mol. The number of carbonyl (C=O) groups is 1. The van der Waals surface area contributed by atoms with E-state index in [0.717, 1.165) is 0 Å². The predicted octanol–water partition coefficient (Wildman–Crippen LogP) is 2.98. The number of nitrogens with one attached hydrogen (secondary N) is 1. The maximum atomic E-state index is 12.5. The smallest absolute Gasteiger partial charge is 0.270 e. The number of nitro benzene ring substituents is 1. The van der Waals surface area contributed by atoms with Gasteiger partial charge in [-0.15, -0.1) is 0 Å². The molecule has 0 radical (unpaired) electrons. The number of para-hydroxylation sites is 1. The molecule has 8 nitrogen and oxygen atoms in total. The third-order valence-electron chi connectivity index (χ3n) is 4.27. The van der Waals surface area contributed by atoms with Gasteiger partial charge in [-0.3, -0.25) is 14.9 Å². The van der Waals surface area contributed by atoms with Gasteiger partial charge in [0.05, 0.1) is 18.1 Å². The van der Waals surface area contributed by atoms with Crippen LogP contribution in [0.1, 0.15) is 5.56 Å². The first-order valence-corrected chi connectivity index (χ1v) is 8.68. The molecular weight excluding hydrogens is 360 g/mol. The van der Waals surface area contributed by atoms with E-state index in [1.807, 2.05) is 17.0 Å². The number of carbonyl (C=O) groups excluding carboxylic acids is 1. The summed E-state index contributed by atoms with van der Waals surface area (Å²) in [5.41, 5.74) is 1.47. The van der Waals surface area contributed by atoms with Crippen LogP contribution in [0.5, 0.6) is 0 Å². The van der Waals surface area contributed by atoms with Crippen LogP contribution >= 0.6 is 0 Å². The molecule has 2 aromatic rings. The predicted molar refractivity (Wildman–Crippen MR) is 105 cm³/mol. The Morgan fingerprint density at radius 3 is 2.57 bits per heavy atom. The molecule has 0 aliphatic carbocycles. The molecule has 1 heterocycles. The number of ether oxygens (including phenoxy) is 1. The van der Waals surface area contributed by atoms with Crippen molar-refractivity contribution in [3.8, 4) is 6.07 Å². The van der Waals surface area contributed by atoms with Gasteiger partial charge >= 0.3 is 0 Å².